The van der Waals surface area contributed by atoms with Gasteiger partial charge in [0.1, 0.15) is 12.4 Å². The topological polar surface area (TPSA) is 51.1 Å². The molecule has 0 spiro atoms. The van der Waals surface area contributed by atoms with Gasteiger partial charge in [-0.05, 0) is 43.9 Å². The van der Waals surface area contributed by atoms with Gasteiger partial charge in [-0.3, -0.25) is 4.98 Å². The summed E-state index contributed by atoms with van der Waals surface area (Å²) in [6.45, 7) is 1.52. The molecular formula is C17H22N4O. The van der Waals surface area contributed by atoms with Gasteiger partial charge in [0.05, 0.1) is 0 Å². The summed E-state index contributed by atoms with van der Waals surface area (Å²) in [6, 6.07) is 8.64. The summed E-state index contributed by atoms with van der Waals surface area (Å²) in [5, 5.41) is 0. The van der Waals surface area contributed by atoms with Crippen molar-refractivity contribution in [2.75, 3.05) is 18.6 Å². The van der Waals surface area contributed by atoms with E-state index < -0.39 is 0 Å². The van der Waals surface area contributed by atoms with Crippen molar-refractivity contribution in [2.24, 2.45) is 0 Å². The minimum atomic E-state index is 0.459. The number of rotatable bonds is 6. The lowest BCUT2D eigenvalue weighted by Crippen LogP contribution is -2.30. The first-order valence-corrected chi connectivity index (χ1v) is 7.84. The minimum Gasteiger partial charge on any atom is -0.377 e. The summed E-state index contributed by atoms with van der Waals surface area (Å²) in [4.78, 5) is 15.7. The maximum Gasteiger partial charge on any atom is 0.156 e. The zero-order chi connectivity index (χ0) is 15.2. The molecular weight excluding hydrogens is 276 g/mol. The van der Waals surface area contributed by atoms with E-state index in [2.05, 4.69) is 32.0 Å². The SMILES string of the molecule is COCc1nccc(N2CCC[C@@H]2CCc2ccccn2)n1. The fourth-order valence-electron chi connectivity index (χ4n) is 3.04. The molecule has 2 aromatic heterocycles. The van der Waals surface area contributed by atoms with Crippen molar-refractivity contribution in [3.05, 3.63) is 48.2 Å². The van der Waals surface area contributed by atoms with Crippen LogP contribution in [0.4, 0.5) is 5.82 Å². The van der Waals surface area contributed by atoms with Crippen molar-refractivity contribution >= 4 is 5.82 Å². The Bertz CT molecular complexity index is 590. The summed E-state index contributed by atoms with van der Waals surface area (Å²) in [5.41, 5.74) is 1.16. The van der Waals surface area contributed by atoms with Gasteiger partial charge in [-0.1, -0.05) is 6.07 Å². The van der Waals surface area contributed by atoms with E-state index in [1.165, 1.54) is 12.8 Å². The Labute approximate surface area is 131 Å². The first-order chi connectivity index (χ1) is 10.9. The van der Waals surface area contributed by atoms with Gasteiger partial charge in [-0.2, -0.15) is 0 Å². The number of hydrogen-bond acceptors (Lipinski definition) is 5. The van der Waals surface area contributed by atoms with E-state index in [4.69, 9.17) is 4.74 Å². The van der Waals surface area contributed by atoms with Crippen LogP contribution in [0.2, 0.25) is 0 Å². The molecule has 0 saturated carbocycles. The number of anilines is 1. The summed E-state index contributed by atoms with van der Waals surface area (Å²) in [5.74, 6) is 1.76. The van der Waals surface area contributed by atoms with Gasteiger partial charge in [0.2, 0.25) is 0 Å². The molecule has 1 aliphatic heterocycles. The van der Waals surface area contributed by atoms with Crippen LogP contribution in [0.15, 0.2) is 36.7 Å². The van der Waals surface area contributed by atoms with Crippen LogP contribution < -0.4 is 4.90 Å². The number of pyridine rings is 1. The van der Waals surface area contributed by atoms with Crippen molar-refractivity contribution < 1.29 is 4.74 Å². The lowest BCUT2D eigenvalue weighted by molar-refractivity contribution is 0.178. The van der Waals surface area contributed by atoms with Crippen LogP contribution in [0.1, 0.15) is 30.8 Å². The number of aromatic nitrogens is 3. The molecule has 0 bridgehead atoms. The first kappa shape index (κ1) is 14.9. The zero-order valence-corrected chi connectivity index (χ0v) is 13.0. The van der Waals surface area contributed by atoms with Crippen LogP contribution in [-0.2, 0) is 17.8 Å². The van der Waals surface area contributed by atoms with Gasteiger partial charge in [0.15, 0.2) is 5.82 Å². The third kappa shape index (κ3) is 3.60. The first-order valence-electron chi connectivity index (χ1n) is 7.84. The van der Waals surface area contributed by atoms with Gasteiger partial charge >= 0.3 is 0 Å². The Hall–Kier alpha value is -2.01. The molecule has 0 radical (unpaired) electrons. The number of nitrogens with zero attached hydrogens (tertiary/aromatic N) is 4. The van der Waals surface area contributed by atoms with Crippen LogP contribution in [0, 0.1) is 0 Å². The molecule has 5 heteroatoms. The molecule has 0 unspecified atom stereocenters. The molecule has 1 atom stereocenters. The number of aryl methyl sites for hydroxylation is 1. The molecule has 0 aromatic carbocycles. The van der Waals surface area contributed by atoms with Gasteiger partial charge in [0.25, 0.3) is 0 Å². The third-order valence-electron chi connectivity index (χ3n) is 4.10. The second-order valence-electron chi connectivity index (χ2n) is 5.61. The molecule has 1 saturated heterocycles. The smallest absolute Gasteiger partial charge is 0.156 e. The minimum absolute atomic E-state index is 0.459. The second kappa shape index (κ2) is 7.31. The van der Waals surface area contributed by atoms with Gasteiger partial charge < -0.3 is 9.64 Å². The van der Waals surface area contributed by atoms with Crippen molar-refractivity contribution in [1.82, 2.24) is 15.0 Å². The van der Waals surface area contributed by atoms with Gasteiger partial charge in [-0.15, -0.1) is 0 Å². The maximum atomic E-state index is 5.13. The number of hydrogen-bond donors (Lipinski definition) is 0. The monoisotopic (exact) mass is 298 g/mol. The summed E-state index contributed by atoms with van der Waals surface area (Å²) in [6.07, 6.45) is 8.25. The molecule has 1 aliphatic rings. The molecule has 3 rings (SSSR count). The Morgan fingerprint density at radius 2 is 2.18 bits per heavy atom. The standard InChI is InChI=1S/C17H22N4O/c1-22-13-16-19-11-9-17(20-16)21-12-4-6-15(21)8-7-14-5-2-3-10-18-14/h2-3,5,9-11,15H,4,6-8,12-13H2,1H3/t15-/m1/s1. The maximum absolute atomic E-state index is 5.13. The third-order valence-corrected chi connectivity index (χ3v) is 4.10. The van der Waals surface area contributed by atoms with E-state index in [0.29, 0.717) is 12.6 Å². The lowest BCUT2D eigenvalue weighted by Gasteiger charge is -2.25. The van der Waals surface area contributed by atoms with Crippen molar-refractivity contribution in [3.63, 3.8) is 0 Å². The second-order valence-corrected chi connectivity index (χ2v) is 5.61. The van der Waals surface area contributed by atoms with Gasteiger partial charge in [0, 0.05) is 37.8 Å². The molecule has 0 aliphatic carbocycles. The molecule has 2 aromatic rings. The molecule has 3 heterocycles. The van der Waals surface area contributed by atoms with Crippen molar-refractivity contribution in [3.8, 4) is 0 Å². The Morgan fingerprint density at radius 3 is 3.00 bits per heavy atom. The van der Waals surface area contributed by atoms with Crippen LogP contribution >= 0.6 is 0 Å². The Kier molecular flexibility index (Phi) is 4.96. The highest BCUT2D eigenvalue weighted by Crippen LogP contribution is 2.26. The molecule has 5 nitrogen and oxygen atoms in total. The lowest BCUT2D eigenvalue weighted by atomic mass is 10.1. The highest BCUT2D eigenvalue weighted by Gasteiger charge is 2.25. The van der Waals surface area contributed by atoms with E-state index >= 15 is 0 Å². The predicted octanol–water partition coefficient (Wildman–Crippen LogP) is 2.62. The average Bonchev–Trinajstić information content (AvgIpc) is 3.03. The Morgan fingerprint density at radius 1 is 1.23 bits per heavy atom. The highest BCUT2D eigenvalue weighted by atomic mass is 16.5. The largest absolute Gasteiger partial charge is 0.377 e. The number of methoxy groups -OCH3 is 1. The fraction of sp³-hybridized carbons (Fsp3) is 0.471. The zero-order valence-electron chi connectivity index (χ0n) is 13.0. The number of ether oxygens (including phenoxy) is 1. The van der Waals surface area contributed by atoms with E-state index in [1.807, 2.05) is 24.5 Å². The molecule has 1 fully saturated rings. The quantitative estimate of drug-likeness (QED) is 0.820. The fourth-order valence-corrected chi connectivity index (χ4v) is 3.04. The van der Waals surface area contributed by atoms with Crippen LogP contribution in [0.3, 0.4) is 0 Å². The van der Waals surface area contributed by atoms with E-state index in [1.54, 1.807) is 7.11 Å². The van der Waals surface area contributed by atoms with Crippen LogP contribution in [0.25, 0.3) is 0 Å². The summed E-state index contributed by atoms with van der Waals surface area (Å²) < 4.78 is 5.13. The molecule has 0 amide bonds. The highest BCUT2D eigenvalue weighted by molar-refractivity contribution is 5.40. The summed E-state index contributed by atoms with van der Waals surface area (Å²) >= 11 is 0. The van der Waals surface area contributed by atoms with Crippen LogP contribution in [0.5, 0.6) is 0 Å². The van der Waals surface area contributed by atoms with E-state index in [0.717, 1.165) is 36.7 Å². The van der Waals surface area contributed by atoms with Crippen molar-refractivity contribution in [1.29, 1.82) is 0 Å². The van der Waals surface area contributed by atoms with Crippen molar-refractivity contribution in [2.45, 2.75) is 38.3 Å². The van der Waals surface area contributed by atoms with Gasteiger partial charge in [-0.25, -0.2) is 9.97 Å². The normalized spacial score (nSPS) is 17.9. The summed E-state index contributed by atoms with van der Waals surface area (Å²) in [7, 11) is 1.67. The van der Waals surface area contributed by atoms with Crippen LogP contribution in [-0.4, -0.2) is 34.6 Å². The van der Waals surface area contributed by atoms with E-state index in [-0.39, 0.29) is 0 Å². The predicted molar refractivity (Wildman–Crippen MR) is 85.7 cm³/mol. The Balaban J connectivity index is 1.66. The molecule has 0 N–H and O–H groups in total. The average molecular weight is 298 g/mol. The van der Waals surface area contributed by atoms with E-state index in [9.17, 15) is 0 Å². The molecule has 116 valence electrons. The molecule has 22 heavy (non-hydrogen) atoms.